The lowest BCUT2D eigenvalue weighted by atomic mass is 10.1. The van der Waals surface area contributed by atoms with E-state index in [4.69, 9.17) is 5.73 Å². The van der Waals surface area contributed by atoms with Crippen LogP contribution in [0.4, 0.5) is 0 Å². The Balaban J connectivity index is 1.90. The quantitative estimate of drug-likeness (QED) is 0.812. The summed E-state index contributed by atoms with van der Waals surface area (Å²) in [6, 6.07) is 7.78. The highest BCUT2D eigenvalue weighted by atomic mass is 16.1. The van der Waals surface area contributed by atoms with E-state index in [0.717, 1.165) is 24.8 Å². The third kappa shape index (κ3) is 2.86. The van der Waals surface area contributed by atoms with E-state index >= 15 is 0 Å². The third-order valence-electron chi connectivity index (χ3n) is 3.64. The van der Waals surface area contributed by atoms with Gasteiger partial charge in [-0.3, -0.25) is 4.79 Å². The molecule has 0 heterocycles. The van der Waals surface area contributed by atoms with Crippen molar-refractivity contribution in [3.8, 4) is 0 Å². The fourth-order valence-corrected chi connectivity index (χ4v) is 1.89. The Hall–Kier alpha value is -1.35. The number of benzene rings is 1. The molecule has 92 valence electrons. The summed E-state index contributed by atoms with van der Waals surface area (Å²) in [5.41, 5.74) is 7.86. The standard InChI is InChI=1S/C14H20N2O/c1-2-11-3-5-12(6-4-11)13(17)16-10-14(9-15)7-8-14/h3-6H,2,7-10,15H2,1H3,(H,16,17). The minimum Gasteiger partial charge on any atom is -0.351 e. The molecule has 2 rings (SSSR count). The van der Waals surface area contributed by atoms with E-state index in [2.05, 4.69) is 12.2 Å². The molecule has 0 atom stereocenters. The van der Waals surface area contributed by atoms with Gasteiger partial charge in [0.15, 0.2) is 0 Å². The summed E-state index contributed by atoms with van der Waals surface area (Å²) in [5.74, 6) is 0.00683. The number of amides is 1. The lowest BCUT2D eigenvalue weighted by Crippen LogP contribution is -2.33. The summed E-state index contributed by atoms with van der Waals surface area (Å²) < 4.78 is 0. The van der Waals surface area contributed by atoms with Gasteiger partial charge in [-0.15, -0.1) is 0 Å². The van der Waals surface area contributed by atoms with Crippen LogP contribution >= 0.6 is 0 Å². The predicted molar refractivity (Wildman–Crippen MR) is 68.9 cm³/mol. The predicted octanol–water partition coefficient (Wildman–Crippen LogP) is 1.72. The van der Waals surface area contributed by atoms with Crippen LogP contribution in [-0.2, 0) is 6.42 Å². The molecular weight excluding hydrogens is 212 g/mol. The molecule has 3 N–H and O–H groups in total. The molecule has 1 aliphatic carbocycles. The van der Waals surface area contributed by atoms with Crippen LogP contribution in [0.1, 0.15) is 35.7 Å². The largest absolute Gasteiger partial charge is 0.351 e. The molecule has 0 saturated heterocycles. The fraction of sp³-hybridized carbons (Fsp3) is 0.500. The molecule has 0 spiro atoms. The van der Waals surface area contributed by atoms with Gasteiger partial charge in [0.05, 0.1) is 0 Å². The van der Waals surface area contributed by atoms with Crippen molar-refractivity contribution in [1.82, 2.24) is 5.32 Å². The van der Waals surface area contributed by atoms with Gasteiger partial charge in [-0.25, -0.2) is 0 Å². The summed E-state index contributed by atoms with van der Waals surface area (Å²) in [4.78, 5) is 11.9. The van der Waals surface area contributed by atoms with Crippen molar-refractivity contribution in [2.75, 3.05) is 13.1 Å². The van der Waals surface area contributed by atoms with Crippen molar-refractivity contribution >= 4 is 5.91 Å². The number of aryl methyl sites for hydroxylation is 1. The zero-order valence-corrected chi connectivity index (χ0v) is 10.3. The smallest absolute Gasteiger partial charge is 0.251 e. The molecule has 0 bridgehead atoms. The van der Waals surface area contributed by atoms with Gasteiger partial charge in [0.2, 0.25) is 0 Å². The first-order chi connectivity index (χ1) is 8.19. The van der Waals surface area contributed by atoms with Crippen LogP contribution in [0.2, 0.25) is 0 Å². The number of rotatable bonds is 5. The monoisotopic (exact) mass is 232 g/mol. The zero-order chi connectivity index (χ0) is 12.3. The topological polar surface area (TPSA) is 55.1 Å². The molecule has 1 fully saturated rings. The minimum atomic E-state index is 0.00683. The van der Waals surface area contributed by atoms with Crippen LogP contribution in [0.5, 0.6) is 0 Å². The number of carbonyl (C=O) groups is 1. The van der Waals surface area contributed by atoms with E-state index in [9.17, 15) is 4.79 Å². The highest BCUT2D eigenvalue weighted by Gasteiger charge is 2.41. The summed E-state index contributed by atoms with van der Waals surface area (Å²) in [6.07, 6.45) is 3.27. The van der Waals surface area contributed by atoms with Crippen LogP contribution < -0.4 is 11.1 Å². The molecule has 0 aromatic heterocycles. The van der Waals surface area contributed by atoms with E-state index in [1.165, 1.54) is 5.56 Å². The fourth-order valence-electron chi connectivity index (χ4n) is 1.89. The molecular formula is C14H20N2O. The molecule has 1 aromatic carbocycles. The van der Waals surface area contributed by atoms with Crippen LogP contribution in [-0.4, -0.2) is 19.0 Å². The Kier molecular flexibility index (Phi) is 3.48. The first-order valence-corrected chi connectivity index (χ1v) is 6.26. The second-order valence-corrected chi connectivity index (χ2v) is 4.94. The van der Waals surface area contributed by atoms with Gasteiger partial charge in [0.1, 0.15) is 0 Å². The van der Waals surface area contributed by atoms with E-state index < -0.39 is 0 Å². The number of nitrogens with one attached hydrogen (secondary N) is 1. The van der Waals surface area contributed by atoms with Gasteiger partial charge in [-0.05, 0) is 43.5 Å². The summed E-state index contributed by atoms with van der Waals surface area (Å²) >= 11 is 0. The van der Waals surface area contributed by atoms with Gasteiger partial charge in [-0.1, -0.05) is 19.1 Å². The maximum Gasteiger partial charge on any atom is 0.251 e. The van der Waals surface area contributed by atoms with Gasteiger partial charge in [-0.2, -0.15) is 0 Å². The van der Waals surface area contributed by atoms with Crippen LogP contribution in [0.25, 0.3) is 0 Å². The summed E-state index contributed by atoms with van der Waals surface area (Å²) in [6.45, 7) is 3.48. The van der Waals surface area contributed by atoms with Crippen LogP contribution in [0, 0.1) is 5.41 Å². The van der Waals surface area contributed by atoms with E-state index in [1.807, 2.05) is 24.3 Å². The average molecular weight is 232 g/mol. The molecule has 3 heteroatoms. The lowest BCUT2D eigenvalue weighted by molar-refractivity contribution is 0.0945. The van der Waals surface area contributed by atoms with Crippen LogP contribution in [0.15, 0.2) is 24.3 Å². The maximum absolute atomic E-state index is 11.9. The number of hydrogen-bond donors (Lipinski definition) is 2. The SMILES string of the molecule is CCc1ccc(C(=O)NCC2(CN)CC2)cc1. The van der Waals surface area contributed by atoms with Gasteiger partial charge < -0.3 is 11.1 Å². The van der Waals surface area contributed by atoms with Crippen molar-refractivity contribution in [2.24, 2.45) is 11.1 Å². The molecule has 0 radical (unpaired) electrons. The maximum atomic E-state index is 11.9. The second kappa shape index (κ2) is 4.88. The number of hydrogen-bond acceptors (Lipinski definition) is 2. The van der Waals surface area contributed by atoms with Gasteiger partial charge in [0, 0.05) is 17.5 Å². The Morgan fingerprint density at radius 3 is 2.47 bits per heavy atom. The van der Waals surface area contributed by atoms with E-state index in [-0.39, 0.29) is 11.3 Å². The molecule has 3 nitrogen and oxygen atoms in total. The molecule has 1 aliphatic rings. The molecule has 1 amide bonds. The van der Waals surface area contributed by atoms with Gasteiger partial charge in [0.25, 0.3) is 5.91 Å². The molecule has 0 aliphatic heterocycles. The Labute approximate surface area is 102 Å². The Morgan fingerprint density at radius 1 is 1.35 bits per heavy atom. The molecule has 17 heavy (non-hydrogen) atoms. The highest BCUT2D eigenvalue weighted by Crippen LogP contribution is 2.43. The second-order valence-electron chi connectivity index (χ2n) is 4.94. The normalized spacial score (nSPS) is 16.6. The third-order valence-corrected chi connectivity index (χ3v) is 3.64. The van der Waals surface area contributed by atoms with Gasteiger partial charge >= 0.3 is 0 Å². The van der Waals surface area contributed by atoms with Crippen LogP contribution in [0.3, 0.4) is 0 Å². The number of nitrogens with two attached hydrogens (primary N) is 1. The average Bonchev–Trinajstić information content (AvgIpc) is 3.17. The van der Waals surface area contributed by atoms with Crippen molar-refractivity contribution in [3.05, 3.63) is 35.4 Å². The van der Waals surface area contributed by atoms with Crippen molar-refractivity contribution in [3.63, 3.8) is 0 Å². The first kappa shape index (κ1) is 12.1. The van der Waals surface area contributed by atoms with Crippen molar-refractivity contribution < 1.29 is 4.79 Å². The summed E-state index contributed by atoms with van der Waals surface area (Å²) in [5, 5.41) is 2.97. The Morgan fingerprint density at radius 2 is 2.00 bits per heavy atom. The van der Waals surface area contributed by atoms with E-state index in [0.29, 0.717) is 13.1 Å². The number of carbonyl (C=O) groups excluding carboxylic acids is 1. The molecule has 0 unspecified atom stereocenters. The minimum absolute atomic E-state index is 0.00683. The molecule has 1 aromatic rings. The van der Waals surface area contributed by atoms with Crippen molar-refractivity contribution in [1.29, 1.82) is 0 Å². The lowest BCUT2D eigenvalue weighted by Gasteiger charge is -2.13. The zero-order valence-electron chi connectivity index (χ0n) is 10.3. The first-order valence-electron chi connectivity index (χ1n) is 6.26. The van der Waals surface area contributed by atoms with E-state index in [1.54, 1.807) is 0 Å². The molecule has 1 saturated carbocycles. The van der Waals surface area contributed by atoms with Crippen molar-refractivity contribution in [2.45, 2.75) is 26.2 Å². The Bertz CT molecular complexity index is 393. The summed E-state index contributed by atoms with van der Waals surface area (Å²) in [7, 11) is 0. The highest BCUT2D eigenvalue weighted by molar-refractivity contribution is 5.94.